The van der Waals surface area contributed by atoms with Crippen LogP contribution in [0.2, 0.25) is 0 Å². The van der Waals surface area contributed by atoms with Crippen molar-refractivity contribution in [3.63, 3.8) is 0 Å². The summed E-state index contributed by atoms with van der Waals surface area (Å²) in [6, 6.07) is 0.678. The van der Waals surface area contributed by atoms with Crippen molar-refractivity contribution in [1.29, 1.82) is 0 Å². The molecule has 1 fully saturated rings. The molecular formula is C13H28N2. The lowest BCUT2D eigenvalue weighted by Crippen LogP contribution is -2.53. The number of nitrogens with zero attached hydrogens (tertiary/aromatic N) is 1. The van der Waals surface area contributed by atoms with Gasteiger partial charge in [-0.15, -0.1) is 0 Å². The Morgan fingerprint density at radius 1 is 1.20 bits per heavy atom. The fourth-order valence-corrected chi connectivity index (χ4v) is 2.66. The van der Waals surface area contributed by atoms with Gasteiger partial charge in [0.25, 0.3) is 0 Å². The van der Waals surface area contributed by atoms with E-state index in [1.807, 2.05) is 0 Å². The van der Waals surface area contributed by atoms with Crippen molar-refractivity contribution < 1.29 is 0 Å². The summed E-state index contributed by atoms with van der Waals surface area (Å²) >= 11 is 0. The molecule has 0 aliphatic heterocycles. The molecule has 1 unspecified atom stereocenters. The van der Waals surface area contributed by atoms with Crippen molar-refractivity contribution in [3.8, 4) is 0 Å². The summed E-state index contributed by atoms with van der Waals surface area (Å²) in [6.07, 6.45) is 7.71. The van der Waals surface area contributed by atoms with Crippen LogP contribution in [0.25, 0.3) is 0 Å². The van der Waals surface area contributed by atoms with E-state index in [9.17, 15) is 0 Å². The Labute approximate surface area is 95.2 Å². The van der Waals surface area contributed by atoms with Crippen molar-refractivity contribution in [2.45, 2.75) is 70.9 Å². The Balaban J connectivity index is 2.48. The summed E-state index contributed by atoms with van der Waals surface area (Å²) in [5.41, 5.74) is 6.60. The van der Waals surface area contributed by atoms with E-state index in [0.717, 1.165) is 13.1 Å². The van der Waals surface area contributed by atoms with E-state index in [1.54, 1.807) is 0 Å². The summed E-state index contributed by atoms with van der Waals surface area (Å²) in [5, 5.41) is 0. The van der Waals surface area contributed by atoms with Gasteiger partial charge in [0, 0.05) is 18.1 Å². The highest BCUT2D eigenvalue weighted by atomic mass is 15.2. The summed E-state index contributed by atoms with van der Waals surface area (Å²) in [5.74, 6) is 0. The third-order valence-electron chi connectivity index (χ3n) is 3.99. The fourth-order valence-electron chi connectivity index (χ4n) is 2.66. The second kappa shape index (κ2) is 5.86. The summed E-state index contributed by atoms with van der Waals surface area (Å²) in [6.45, 7) is 9.05. The average Bonchev–Trinajstić information content (AvgIpc) is 2.26. The molecule has 1 atom stereocenters. The molecule has 0 saturated heterocycles. The predicted octanol–water partition coefficient (Wildman–Crippen LogP) is 2.77. The minimum atomic E-state index is 0.109. The summed E-state index contributed by atoms with van der Waals surface area (Å²) < 4.78 is 0. The highest BCUT2D eigenvalue weighted by Crippen LogP contribution is 2.27. The molecule has 0 heterocycles. The number of likely N-dealkylation sites (N-methyl/N-ethyl adjacent to an activating group) is 1. The normalized spacial score (nSPS) is 23.0. The summed E-state index contributed by atoms with van der Waals surface area (Å²) in [4.78, 5) is 2.55. The molecule has 0 aromatic rings. The molecule has 1 aliphatic carbocycles. The maximum absolute atomic E-state index is 6.49. The molecule has 0 aromatic heterocycles. The first-order valence-corrected chi connectivity index (χ1v) is 6.64. The van der Waals surface area contributed by atoms with Crippen LogP contribution in [-0.2, 0) is 0 Å². The maximum Gasteiger partial charge on any atom is 0.0283 e. The van der Waals surface area contributed by atoms with Crippen molar-refractivity contribution >= 4 is 0 Å². The van der Waals surface area contributed by atoms with Crippen LogP contribution in [-0.4, -0.2) is 29.6 Å². The van der Waals surface area contributed by atoms with E-state index in [4.69, 9.17) is 5.73 Å². The van der Waals surface area contributed by atoms with Gasteiger partial charge >= 0.3 is 0 Å². The van der Waals surface area contributed by atoms with Gasteiger partial charge in [-0.1, -0.05) is 33.1 Å². The van der Waals surface area contributed by atoms with Gasteiger partial charge in [0.05, 0.1) is 0 Å². The summed E-state index contributed by atoms with van der Waals surface area (Å²) in [7, 11) is 0. The highest BCUT2D eigenvalue weighted by Gasteiger charge is 2.30. The number of nitrogens with two attached hydrogens (primary N) is 1. The molecule has 0 bridgehead atoms. The molecule has 90 valence electrons. The van der Waals surface area contributed by atoms with Gasteiger partial charge in [0.2, 0.25) is 0 Å². The van der Waals surface area contributed by atoms with Crippen LogP contribution in [0.1, 0.15) is 59.3 Å². The Morgan fingerprint density at radius 3 is 2.27 bits per heavy atom. The number of hydrogen-bond acceptors (Lipinski definition) is 2. The maximum atomic E-state index is 6.49. The Bertz CT molecular complexity index is 173. The number of hydrogen-bond donors (Lipinski definition) is 1. The van der Waals surface area contributed by atoms with Gasteiger partial charge in [0.15, 0.2) is 0 Å². The molecule has 1 saturated carbocycles. The molecule has 0 radical (unpaired) electrons. The first-order valence-electron chi connectivity index (χ1n) is 6.64. The first kappa shape index (κ1) is 13.0. The zero-order valence-corrected chi connectivity index (χ0v) is 10.8. The van der Waals surface area contributed by atoms with Gasteiger partial charge < -0.3 is 5.73 Å². The molecule has 2 heteroatoms. The van der Waals surface area contributed by atoms with Crippen molar-refractivity contribution in [2.24, 2.45) is 5.73 Å². The van der Waals surface area contributed by atoms with Crippen LogP contribution < -0.4 is 5.73 Å². The van der Waals surface area contributed by atoms with Gasteiger partial charge in [-0.3, -0.25) is 4.90 Å². The Kier molecular flexibility index (Phi) is 5.07. The molecule has 0 amide bonds. The lowest BCUT2D eigenvalue weighted by molar-refractivity contribution is 0.140. The van der Waals surface area contributed by atoms with Crippen LogP contribution >= 0.6 is 0 Å². The van der Waals surface area contributed by atoms with Crippen LogP contribution in [0.5, 0.6) is 0 Å². The molecule has 15 heavy (non-hydrogen) atoms. The van der Waals surface area contributed by atoms with Gasteiger partial charge in [-0.25, -0.2) is 0 Å². The Hall–Kier alpha value is -0.0800. The van der Waals surface area contributed by atoms with Gasteiger partial charge in [-0.2, -0.15) is 0 Å². The highest BCUT2D eigenvalue weighted by molar-refractivity contribution is 4.90. The molecule has 2 N–H and O–H groups in total. The van der Waals surface area contributed by atoms with E-state index in [0.29, 0.717) is 6.04 Å². The standard InChI is InChI=1S/C13H28N2/c1-4-12(3)15(5-2)11-13(14)9-7-6-8-10-13/h12H,4-11,14H2,1-3H3. The van der Waals surface area contributed by atoms with Crippen molar-refractivity contribution in [2.75, 3.05) is 13.1 Å². The predicted molar refractivity (Wildman–Crippen MR) is 67.0 cm³/mol. The third-order valence-corrected chi connectivity index (χ3v) is 3.99. The zero-order valence-electron chi connectivity index (χ0n) is 10.8. The minimum Gasteiger partial charge on any atom is -0.324 e. The molecule has 2 nitrogen and oxygen atoms in total. The largest absolute Gasteiger partial charge is 0.324 e. The SMILES string of the molecule is CCC(C)N(CC)CC1(N)CCCCC1. The van der Waals surface area contributed by atoms with Crippen LogP contribution in [0.4, 0.5) is 0 Å². The lowest BCUT2D eigenvalue weighted by Gasteiger charge is -2.40. The van der Waals surface area contributed by atoms with E-state index in [-0.39, 0.29) is 5.54 Å². The van der Waals surface area contributed by atoms with Crippen LogP contribution in [0, 0.1) is 0 Å². The van der Waals surface area contributed by atoms with E-state index in [1.165, 1.54) is 38.5 Å². The third kappa shape index (κ3) is 3.76. The van der Waals surface area contributed by atoms with E-state index < -0.39 is 0 Å². The molecule has 1 rings (SSSR count). The van der Waals surface area contributed by atoms with Gasteiger partial charge in [-0.05, 0) is 32.7 Å². The van der Waals surface area contributed by atoms with Crippen LogP contribution in [0.3, 0.4) is 0 Å². The van der Waals surface area contributed by atoms with Crippen molar-refractivity contribution in [1.82, 2.24) is 4.90 Å². The first-order chi connectivity index (χ1) is 7.11. The van der Waals surface area contributed by atoms with Crippen LogP contribution in [0.15, 0.2) is 0 Å². The quantitative estimate of drug-likeness (QED) is 0.759. The number of rotatable bonds is 5. The monoisotopic (exact) mass is 212 g/mol. The average molecular weight is 212 g/mol. The second-order valence-corrected chi connectivity index (χ2v) is 5.24. The second-order valence-electron chi connectivity index (χ2n) is 5.24. The topological polar surface area (TPSA) is 29.3 Å². The fraction of sp³-hybridized carbons (Fsp3) is 1.00. The van der Waals surface area contributed by atoms with Crippen molar-refractivity contribution in [3.05, 3.63) is 0 Å². The molecule has 0 spiro atoms. The minimum absolute atomic E-state index is 0.109. The lowest BCUT2D eigenvalue weighted by atomic mass is 9.82. The van der Waals surface area contributed by atoms with E-state index >= 15 is 0 Å². The molecule has 1 aliphatic rings. The van der Waals surface area contributed by atoms with E-state index in [2.05, 4.69) is 25.7 Å². The molecule has 0 aromatic carbocycles. The molecular weight excluding hydrogens is 184 g/mol. The smallest absolute Gasteiger partial charge is 0.0283 e. The zero-order chi connectivity index (χ0) is 11.3. The Morgan fingerprint density at radius 2 is 1.80 bits per heavy atom. The van der Waals surface area contributed by atoms with Gasteiger partial charge in [0.1, 0.15) is 0 Å².